The largest absolute Gasteiger partial charge is 0.478 e. The summed E-state index contributed by atoms with van der Waals surface area (Å²) in [6.45, 7) is 0. The molecule has 0 unspecified atom stereocenters. The summed E-state index contributed by atoms with van der Waals surface area (Å²) in [4.78, 5) is 13.5. The van der Waals surface area contributed by atoms with Gasteiger partial charge in [0.25, 0.3) is 0 Å². The highest BCUT2D eigenvalue weighted by molar-refractivity contribution is 5.85. The highest BCUT2D eigenvalue weighted by Crippen LogP contribution is 1.98. The Morgan fingerprint density at radius 2 is 2.21 bits per heavy atom. The fourth-order valence-electron chi connectivity index (χ4n) is 1.62. The third-order valence-corrected chi connectivity index (χ3v) is 2.25. The van der Waals surface area contributed by atoms with Crippen LogP contribution in [0.5, 0.6) is 0 Å². The minimum absolute atomic E-state index is 0.917. The minimum atomic E-state index is -0.917. The van der Waals surface area contributed by atoms with E-state index in [0.29, 0.717) is 0 Å². The van der Waals surface area contributed by atoms with Crippen molar-refractivity contribution in [1.29, 1.82) is 0 Å². The van der Waals surface area contributed by atoms with E-state index in [1.54, 1.807) is 6.08 Å². The van der Waals surface area contributed by atoms with Crippen LogP contribution >= 0.6 is 0 Å². The molecular weight excluding hydrogens is 178 g/mol. The molecular formula is C11H11NO2. The molecule has 3 nitrogen and oxygen atoms in total. The monoisotopic (exact) mass is 189 g/mol. The summed E-state index contributed by atoms with van der Waals surface area (Å²) in [5.74, 6) is -0.917. The zero-order valence-corrected chi connectivity index (χ0v) is 7.66. The number of aliphatic carboxylic acids is 1. The van der Waals surface area contributed by atoms with Crippen LogP contribution in [0.15, 0.2) is 12.3 Å². The van der Waals surface area contributed by atoms with Crippen LogP contribution in [0, 0.1) is 0 Å². The molecule has 1 aliphatic rings. The lowest BCUT2D eigenvalue weighted by Crippen LogP contribution is -2.26. The van der Waals surface area contributed by atoms with Gasteiger partial charge in [-0.3, -0.25) is 0 Å². The molecule has 0 bridgehead atoms. The maximum absolute atomic E-state index is 10.3. The fraction of sp³-hybridized carbons (Fsp3) is 0.182. The van der Waals surface area contributed by atoms with Crippen molar-refractivity contribution in [2.24, 2.45) is 0 Å². The van der Waals surface area contributed by atoms with Crippen LogP contribution in [0.25, 0.3) is 18.2 Å². The van der Waals surface area contributed by atoms with Crippen molar-refractivity contribution >= 4 is 24.2 Å². The van der Waals surface area contributed by atoms with Gasteiger partial charge in [-0.1, -0.05) is 12.2 Å². The molecule has 2 N–H and O–H groups in total. The Bertz CT molecular complexity index is 494. The SMILES string of the molecule is O=C(O)/C=C/c1c[nH]c2c1=CCCC=2. The molecule has 0 saturated carbocycles. The van der Waals surface area contributed by atoms with Crippen molar-refractivity contribution in [3.63, 3.8) is 0 Å². The predicted octanol–water partition coefficient (Wildman–Crippen LogP) is 0.467. The highest BCUT2D eigenvalue weighted by atomic mass is 16.4. The maximum atomic E-state index is 10.3. The van der Waals surface area contributed by atoms with E-state index in [-0.39, 0.29) is 0 Å². The molecule has 14 heavy (non-hydrogen) atoms. The summed E-state index contributed by atoms with van der Waals surface area (Å²) in [7, 11) is 0. The first-order valence-corrected chi connectivity index (χ1v) is 4.56. The molecule has 0 aliphatic heterocycles. The van der Waals surface area contributed by atoms with Gasteiger partial charge in [0.05, 0.1) is 0 Å². The molecule has 1 aromatic rings. The van der Waals surface area contributed by atoms with E-state index in [1.807, 2.05) is 6.20 Å². The number of carboxylic acid groups (broad SMARTS) is 1. The topological polar surface area (TPSA) is 53.1 Å². The molecule has 0 amide bonds. The molecule has 0 saturated heterocycles. The molecule has 1 heterocycles. The van der Waals surface area contributed by atoms with E-state index >= 15 is 0 Å². The summed E-state index contributed by atoms with van der Waals surface area (Å²) in [6.07, 6.45) is 11.0. The number of aromatic amines is 1. The summed E-state index contributed by atoms with van der Waals surface area (Å²) in [5.41, 5.74) is 0.943. The second-order valence-corrected chi connectivity index (χ2v) is 3.23. The number of carbonyl (C=O) groups is 1. The molecule has 72 valence electrons. The smallest absolute Gasteiger partial charge is 0.328 e. The lowest BCUT2D eigenvalue weighted by molar-refractivity contribution is -0.131. The Balaban J connectivity index is 2.47. The van der Waals surface area contributed by atoms with Gasteiger partial charge in [0.15, 0.2) is 0 Å². The quantitative estimate of drug-likeness (QED) is 0.664. The first kappa shape index (κ1) is 8.81. The number of nitrogens with one attached hydrogen (secondary N) is 1. The Kier molecular flexibility index (Phi) is 2.23. The van der Waals surface area contributed by atoms with E-state index in [4.69, 9.17) is 5.11 Å². The maximum Gasteiger partial charge on any atom is 0.328 e. The standard InChI is InChI=1S/C11H11NO2/c13-11(14)6-5-8-7-12-10-4-2-1-3-9(8)10/h3-7,12H,1-2H2,(H,13,14)/b6-5+. The van der Waals surface area contributed by atoms with Crippen LogP contribution in [-0.4, -0.2) is 16.1 Å². The summed E-state index contributed by atoms with van der Waals surface area (Å²) < 4.78 is 0. The van der Waals surface area contributed by atoms with E-state index in [1.165, 1.54) is 0 Å². The van der Waals surface area contributed by atoms with Gasteiger partial charge in [0.1, 0.15) is 0 Å². The number of carboxylic acids is 1. The van der Waals surface area contributed by atoms with Crippen molar-refractivity contribution in [3.05, 3.63) is 28.4 Å². The number of aromatic nitrogens is 1. The molecule has 0 spiro atoms. The molecule has 0 fully saturated rings. The highest BCUT2D eigenvalue weighted by Gasteiger charge is 1.99. The third kappa shape index (κ3) is 1.62. The van der Waals surface area contributed by atoms with Crippen LogP contribution in [0.2, 0.25) is 0 Å². The normalized spacial score (nSPS) is 14.6. The van der Waals surface area contributed by atoms with Gasteiger partial charge in [0, 0.05) is 22.8 Å². The van der Waals surface area contributed by atoms with Crippen molar-refractivity contribution in [2.45, 2.75) is 12.8 Å². The van der Waals surface area contributed by atoms with Crippen LogP contribution < -0.4 is 10.6 Å². The first-order valence-electron chi connectivity index (χ1n) is 4.56. The Morgan fingerprint density at radius 3 is 3.00 bits per heavy atom. The number of H-pyrrole nitrogens is 1. The third-order valence-electron chi connectivity index (χ3n) is 2.25. The average molecular weight is 189 g/mol. The second-order valence-electron chi connectivity index (χ2n) is 3.23. The van der Waals surface area contributed by atoms with Gasteiger partial charge in [-0.2, -0.15) is 0 Å². The van der Waals surface area contributed by atoms with Crippen LogP contribution in [0.1, 0.15) is 18.4 Å². The lowest BCUT2D eigenvalue weighted by atomic mass is 10.1. The molecule has 1 aliphatic carbocycles. The van der Waals surface area contributed by atoms with E-state index in [9.17, 15) is 4.79 Å². The van der Waals surface area contributed by atoms with Gasteiger partial charge >= 0.3 is 5.97 Å². The van der Waals surface area contributed by atoms with E-state index < -0.39 is 5.97 Å². The summed E-state index contributed by atoms with van der Waals surface area (Å²) in [6, 6.07) is 0. The fourth-order valence-corrected chi connectivity index (χ4v) is 1.62. The van der Waals surface area contributed by atoms with Crippen molar-refractivity contribution in [3.8, 4) is 0 Å². The van der Waals surface area contributed by atoms with Crippen molar-refractivity contribution < 1.29 is 9.90 Å². The van der Waals surface area contributed by atoms with Crippen molar-refractivity contribution in [2.75, 3.05) is 0 Å². The second kappa shape index (κ2) is 3.54. The van der Waals surface area contributed by atoms with Crippen LogP contribution in [-0.2, 0) is 4.79 Å². The predicted molar refractivity (Wildman–Crippen MR) is 54.9 cm³/mol. The number of hydrogen-bond acceptors (Lipinski definition) is 1. The first-order chi connectivity index (χ1) is 6.77. The molecule has 2 rings (SSSR count). The van der Waals surface area contributed by atoms with E-state index in [0.717, 1.165) is 35.0 Å². The van der Waals surface area contributed by atoms with Gasteiger partial charge in [0.2, 0.25) is 0 Å². The molecule has 1 aromatic heterocycles. The molecule has 3 heteroatoms. The summed E-state index contributed by atoms with van der Waals surface area (Å²) >= 11 is 0. The lowest BCUT2D eigenvalue weighted by Gasteiger charge is -1.94. The number of rotatable bonds is 2. The minimum Gasteiger partial charge on any atom is -0.478 e. The molecule has 0 atom stereocenters. The van der Waals surface area contributed by atoms with Crippen LogP contribution in [0.3, 0.4) is 0 Å². The van der Waals surface area contributed by atoms with Gasteiger partial charge in [-0.15, -0.1) is 0 Å². The molecule has 0 radical (unpaired) electrons. The summed E-state index contributed by atoms with van der Waals surface area (Å²) in [5, 5.41) is 10.7. The zero-order valence-electron chi connectivity index (χ0n) is 7.66. The Morgan fingerprint density at radius 1 is 1.43 bits per heavy atom. The van der Waals surface area contributed by atoms with Gasteiger partial charge < -0.3 is 10.1 Å². The van der Waals surface area contributed by atoms with E-state index in [2.05, 4.69) is 17.1 Å². The number of fused-ring (bicyclic) bond motifs is 1. The Labute approximate surface area is 81.1 Å². The average Bonchev–Trinajstić information content (AvgIpc) is 2.58. The Hall–Kier alpha value is -1.77. The van der Waals surface area contributed by atoms with Crippen LogP contribution in [0.4, 0.5) is 0 Å². The zero-order chi connectivity index (χ0) is 9.97. The van der Waals surface area contributed by atoms with Gasteiger partial charge in [-0.05, 0) is 24.5 Å². The van der Waals surface area contributed by atoms with Crippen molar-refractivity contribution in [1.82, 2.24) is 4.98 Å². The number of hydrogen-bond donors (Lipinski definition) is 2. The van der Waals surface area contributed by atoms with Gasteiger partial charge in [-0.25, -0.2) is 4.79 Å². The molecule has 0 aromatic carbocycles.